The monoisotopic (exact) mass is 375 g/mol. The molecule has 2 amide bonds. The smallest absolute Gasteiger partial charge is 0.257 e. The Morgan fingerprint density at radius 1 is 1.04 bits per heavy atom. The predicted molar refractivity (Wildman–Crippen MR) is 97.9 cm³/mol. The van der Waals surface area contributed by atoms with Gasteiger partial charge in [0.1, 0.15) is 5.82 Å². The van der Waals surface area contributed by atoms with Crippen molar-refractivity contribution in [1.29, 1.82) is 0 Å². The van der Waals surface area contributed by atoms with E-state index in [1.807, 2.05) is 0 Å². The van der Waals surface area contributed by atoms with Gasteiger partial charge in [0, 0.05) is 24.1 Å². The number of pyridine rings is 1. The van der Waals surface area contributed by atoms with Crippen LogP contribution in [0.3, 0.4) is 0 Å². The Kier molecular flexibility index (Phi) is 5.83. The molecule has 0 saturated heterocycles. The van der Waals surface area contributed by atoms with E-state index in [9.17, 15) is 14.0 Å². The van der Waals surface area contributed by atoms with Crippen molar-refractivity contribution in [3.05, 3.63) is 58.6 Å². The number of halogens is 2. The highest BCUT2D eigenvalue weighted by atomic mass is 35.5. The maximum absolute atomic E-state index is 13.2. The number of amides is 2. The second-order valence-electron chi connectivity index (χ2n) is 6.35. The van der Waals surface area contributed by atoms with Gasteiger partial charge in [-0.15, -0.1) is 0 Å². The standard InChI is InChI=1S/C19H19ClFN3O2/c20-16-9-15(6-7-17(16)21)24-19(26)13-8-12(10-22-11-13)18(25)23-14-4-2-1-3-5-14/h6-11,14H,1-5H2,(H,23,25)(H,24,26). The second-order valence-corrected chi connectivity index (χ2v) is 6.76. The zero-order chi connectivity index (χ0) is 18.5. The van der Waals surface area contributed by atoms with Crippen LogP contribution in [0.5, 0.6) is 0 Å². The van der Waals surface area contributed by atoms with E-state index in [0.717, 1.165) is 25.7 Å². The first-order valence-corrected chi connectivity index (χ1v) is 8.93. The minimum Gasteiger partial charge on any atom is -0.349 e. The molecule has 3 rings (SSSR count). The van der Waals surface area contributed by atoms with Crippen molar-refractivity contribution in [3.8, 4) is 0 Å². The number of aromatic nitrogens is 1. The average molecular weight is 376 g/mol. The molecule has 1 heterocycles. The van der Waals surface area contributed by atoms with Crippen LogP contribution in [-0.4, -0.2) is 22.8 Å². The molecule has 0 spiro atoms. The van der Waals surface area contributed by atoms with E-state index in [1.54, 1.807) is 0 Å². The lowest BCUT2D eigenvalue weighted by Crippen LogP contribution is -2.36. The fraction of sp³-hybridized carbons (Fsp3) is 0.316. The summed E-state index contributed by atoms with van der Waals surface area (Å²) in [5.74, 6) is -1.25. The molecule has 0 aliphatic heterocycles. The first kappa shape index (κ1) is 18.3. The van der Waals surface area contributed by atoms with Crippen molar-refractivity contribution in [1.82, 2.24) is 10.3 Å². The van der Waals surface area contributed by atoms with Gasteiger partial charge in [0.15, 0.2) is 0 Å². The molecule has 136 valence electrons. The molecule has 2 N–H and O–H groups in total. The first-order valence-electron chi connectivity index (χ1n) is 8.55. The third-order valence-electron chi connectivity index (χ3n) is 4.38. The predicted octanol–water partition coefficient (Wildman–Crippen LogP) is 4.19. The average Bonchev–Trinajstić information content (AvgIpc) is 2.65. The van der Waals surface area contributed by atoms with Gasteiger partial charge in [-0.3, -0.25) is 14.6 Å². The molecule has 1 aromatic carbocycles. The van der Waals surface area contributed by atoms with Crippen LogP contribution in [0.1, 0.15) is 52.8 Å². The van der Waals surface area contributed by atoms with Crippen LogP contribution < -0.4 is 10.6 Å². The molecule has 5 nitrogen and oxygen atoms in total. The highest BCUT2D eigenvalue weighted by Crippen LogP contribution is 2.20. The zero-order valence-electron chi connectivity index (χ0n) is 14.1. The molecule has 0 unspecified atom stereocenters. The van der Waals surface area contributed by atoms with Crippen LogP contribution in [0, 0.1) is 5.82 Å². The number of hydrogen-bond donors (Lipinski definition) is 2. The minimum atomic E-state index is -0.562. The summed E-state index contributed by atoms with van der Waals surface area (Å²) in [6.45, 7) is 0. The Hall–Kier alpha value is -2.47. The largest absolute Gasteiger partial charge is 0.349 e. The van der Waals surface area contributed by atoms with E-state index >= 15 is 0 Å². The van der Waals surface area contributed by atoms with Crippen LogP contribution in [-0.2, 0) is 0 Å². The van der Waals surface area contributed by atoms with Gasteiger partial charge in [-0.2, -0.15) is 0 Å². The molecule has 1 aliphatic carbocycles. The summed E-state index contributed by atoms with van der Waals surface area (Å²) >= 11 is 5.71. The molecule has 1 aliphatic rings. The maximum Gasteiger partial charge on any atom is 0.257 e. The summed E-state index contributed by atoms with van der Waals surface area (Å²) in [6, 6.07) is 5.57. The van der Waals surface area contributed by atoms with Crippen LogP contribution in [0.4, 0.5) is 10.1 Å². The number of carbonyl (C=O) groups excluding carboxylic acids is 2. The number of carbonyl (C=O) groups is 2. The van der Waals surface area contributed by atoms with E-state index in [0.29, 0.717) is 11.3 Å². The van der Waals surface area contributed by atoms with Gasteiger partial charge < -0.3 is 10.6 Å². The molecule has 26 heavy (non-hydrogen) atoms. The lowest BCUT2D eigenvalue weighted by molar-refractivity contribution is 0.0927. The van der Waals surface area contributed by atoms with E-state index in [-0.39, 0.29) is 22.5 Å². The van der Waals surface area contributed by atoms with Crippen LogP contribution in [0.25, 0.3) is 0 Å². The third-order valence-corrected chi connectivity index (χ3v) is 4.67. The summed E-state index contributed by atoms with van der Waals surface area (Å²) in [5.41, 5.74) is 0.931. The van der Waals surface area contributed by atoms with Crippen molar-refractivity contribution in [2.24, 2.45) is 0 Å². The molecule has 0 radical (unpaired) electrons. The number of nitrogens with zero attached hydrogens (tertiary/aromatic N) is 1. The van der Waals surface area contributed by atoms with Crippen LogP contribution in [0.2, 0.25) is 5.02 Å². The van der Waals surface area contributed by atoms with Crippen LogP contribution in [0.15, 0.2) is 36.7 Å². The Morgan fingerprint density at radius 3 is 2.42 bits per heavy atom. The number of benzene rings is 1. The molecule has 0 atom stereocenters. The van der Waals surface area contributed by atoms with Gasteiger partial charge in [-0.1, -0.05) is 30.9 Å². The van der Waals surface area contributed by atoms with Gasteiger partial charge in [0.25, 0.3) is 11.8 Å². The van der Waals surface area contributed by atoms with Crippen molar-refractivity contribution < 1.29 is 14.0 Å². The lowest BCUT2D eigenvalue weighted by atomic mass is 9.95. The minimum absolute atomic E-state index is 0.0819. The summed E-state index contributed by atoms with van der Waals surface area (Å²) in [7, 11) is 0. The van der Waals surface area contributed by atoms with Gasteiger partial charge in [0.2, 0.25) is 0 Å². The summed E-state index contributed by atoms with van der Waals surface area (Å²) in [6.07, 6.45) is 8.20. The fourth-order valence-corrected chi connectivity index (χ4v) is 3.16. The van der Waals surface area contributed by atoms with Crippen molar-refractivity contribution in [3.63, 3.8) is 0 Å². The molecular formula is C19H19ClFN3O2. The topological polar surface area (TPSA) is 71.1 Å². The molecule has 1 aromatic heterocycles. The number of rotatable bonds is 4. The third kappa shape index (κ3) is 4.58. The fourth-order valence-electron chi connectivity index (χ4n) is 2.98. The van der Waals surface area contributed by atoms with E-state index < -0.39 is 11.7 Å². The van der Waals surface area contributed by atoms with Crippen molar-refractivity contribution in [2.75, 3.05) is 5.32 Å². The SMILES string of the molecule is O=C(Nc1ccc(F)c(Cl)c1)c1cncc(C(=O)NC2CCCCC2)c1. The van der Waals surface area contributed by atoms with E-state index in [2.05, 4.69) is 15.6 Å². The molecule has 2 aromatic rings. The summed E-state index contributed by atoms with van der Waals surface area (Å²) < 4.78 is 13.2. The first-order chi connectivity index (χ1) is 12.5. The summed E-state index contributed by atoms with van der Waals surface area (Å²) in [5, 5.41) is 5.53. The Morgan fingerprint density at radius 2 is 1.73 bits per heavy atom. The molecule has 1 fully saturated rings. The van der Waals surface area contributed by atoms with Gasteiger partial charge >= 0.3 is 0 Å². The van der Waals surface area contributed by atoms with Gasteiger partial charge in [0.05, 0.1) is 16.1 Å². The Balaban J connectivity index is 1.68. The van der Waals surface area contributed by atoms with Gasteiger partial charge in [-0.25, -0.2) is 4.39 Å². The number of hydrogen-bond acceptors (Lipinski definition) is 3. The molecular weight excluding hydrogens is 357 g/mol. The maximum atomic E-state index is 13.2. The Bertz CT molecular complexity index is 822. The summed E-state index contributed by atoms with van der Waals surface area (Å²) in [4.78, 5) is 28.7. The van der Waals surface area contributed by atoms with E-state index in [1.165, 1.54) is 43.1 Å². The Labute approximate surface area is 156 Å². The second kappa shape index (κ2) is 8.27. The normalized spacial score (nSPS) is 14.7. The molecule has 7 heteroatoms. The number of anilines is 1. The highest BCUT2D eigenvalue weighted by molar-refractivity contribution is 6.31. The van der Waals surface area contributed by atoms with Crippen LogP contribution >= 0.6 is 11.6 Å². The lowest BCUT2D eigenvalue weighted by Gasteiger charge is -2.22. The quantitative estimate of drug-likeness (QED) is 0.841. The van der Waals surface area contributed by atoms with E-state index in [4.69, 9.17) is 11.6 Å². The zero-order valence-corrected chi connectivity index (χ0v) is 14.9. The van der Waals surface area contributed by atoms with Crippen molar-refractivity contribution >= 4 is 29.1 Å². The molecule has 0 bridgehead atoms. The number of nitrogens with one attached hydrogen (secondary N) is 2. The molecule has 1 saturated carbocycles. The van der Waals surface area contributed by atoms with Crippen molar-refractivity contribution in [2.45, 2.75) is 38.1 Å². The van der Waals surface area contributed by atoms with Gasteiger partial charge in [-0.05, 0) is 37.1 Å². The highest BCUT2D eigenvalue weighted by Gasteiger charge is 2.18.